The number of phenols is 1. The van der Waals surface area contributed by atoms with E-state index in [0.29, 0.717) is 23.2 Å². The zero-order valence-corrected chi connectivity index (χ0v) is 21.7. The first-order valence-corrected chi connectivity index (χ1v) is 12.2. The summed E-state index contributed by atoms with van der Waals surface area (Å²) < 4.78 is 5.67. The highest BCUT2D eigenvalue weighted by Gasteiger charge is 2.31. The molecule has 2 atom stereocenters. The fourth-order valence-corrected chi connectivity index (χ4v) is 3.99. The number of rotatable bonds is 12. The van der Waals surface area contributed by atoms with E-state index in [0.717, 1.165) is 17.9 Å². The minimum absolute atomic E-state index is 0.0208. The van der Waals surface area contributed by atoms with Crippen molar-refractivity contribution in [2.45, 2.75) is 45.3 Å². The summed E-state index contributed by atoms with van der Waals surface area (Å²) in [6, 6.07) is 13.1. The molecule has 9 heteroatoms. The van der Waals surface area contributed by atoms with Gasteiger partial charge in [0.1, 0.15) is 28.9 Å². The normalized spacial score (nSPS) is 12.6. The van der Waals surface area contributed by atoms with Gasteiger partial charge in [-0.25, -0.2) is 10.6 Å². The molecule has 0 saturated heterocycles. The molecule has 0 aromatic heterocycles. The van der Waals surface area contributed by atoms with Gasteiger partial charge in [-0.2, -0.15) is 0 Å². The van der Waals surface area contributed by atoms with Crippen LogP contribution in [0.4, 0.5) is 17.1 Å². The first kappa shape index (κ1) is 27.5. The standard InChI is InChI=1S/C28H34N4O5/c1-6-7-15-21(18(3)37-28(36)19-12-9-8-10-13-19)30-23-24(27(35)26(23)34)32(29)22-16-11-14-20(25(22)33)17(2)31(4)5/h8-14,16,18,21,30,33H,2,6-7,15,29H2,1,3-5H3/t18-,21-/m1/s1. The lowest BCUT2D eigenvalue weighted by Crippen LogP contribution is -2.46. The van der Waals surface area contributed by atoms with Gasteiger partial charge in [-0.3, -0.25) is 14.6 Å². The monoisotopic (exact) mass is 506 g/mol. The minimum atomic E-state index is -0.774. The van der Waals surface area contributed by atoms with Gasteiger partial charge in [-0.1, -0.05) is 50.6 Å². The molecule has 9 nitrogen and oxygen atoms in total. The fraction of sp³-hybridized carbons (Fsp3) is 0.321. The molecule has 3 rings (SSSR count). The number of anilines is 3. The number of phenolic OH excluding ortho intramolecular Hbond substituents is 1. The van der Waals surface area contributed by atoms with Crippen LogP contribution in [0.5, 0.6) is 5.75 Å². The Morgan fingerprint density at radius 3 is 2.41 bits per heavy atom. The second-order valence-corrected chi connectivity index (χ2v) is 9.14. The second kappa shape index (κ2) is 11.7. The lowest BCUT2D eigenvalue weighted by molar-refractivity contribution is 0.0293. The number of nitrogens with two attached hydrogens (primary N) is 1. The fourth-order valence-electron chi connectivity index (χ4n) is 3.99. The van der Waals surface area contributed by atoms with Gasteiger partial charge in [0.2, 0.25) is 0 Å². The number of carbonyl (C=O) groups is 1. The second-order valence-electron chi connectivity index (χ2n) is 9.14. The molecule has 0 bridgehead atoms. The zero-order valence-electron chi connectivity index (χ0n) is 21.7. The molecule has 4 N–H and O–H groups in total. The van der Waals surface area contributed by atoms with Crippen LogP contribution in [0.3, 0.4) is 0 Å². The number of esters is 1. The summed E-state index contributed by atoms with van der Waals surface area (Å²) in [6.07, 6.45) is 1.67. The predicted molar refractivity (Wildman–Crippen MR) is 147 cm³/mol. The highest BCUT2D eigenvalue weighted by molar-refractivity contribution is 5.89. The molecule has 196 valence electrons. The maximum Gasteiger partial charge on any atom is 0.338 e. The molecule has 0 spiro atoms. The molecule has 0 saturated carbocycles. The van der Waals surface area contributed by atoms with Crippen molar-refractivity contribution in [2.24, 2.45) is 5.84 Å². The number of hydrogen-bond acceptors (Lipinski definition) is 9. The van der Waals surface area contributed by atoms with Gasteiger partial charge in [0.15, 0.2) is 0 Å². The van der Waals surface area contributed by atoms with Crippen LogP contribution in [-0.2, 0) is 4.74 Å². The number of para-hydroxylation sites is 1. The van der Waals surface area contributed by atoms with Gasteiger partial charge in [0, 0.05) is 25.4 Å². The van der Waals surface area contributed by atoms with Crippen molar-refractivity contribution < 1.29 is 14.6 Å². The summed E-state index contributed by atoms with van der Waals surface area (Å²) in [4.78, 5) is 39.5. The van der Waals surface area contributed by atoms with E-state index in [1.54, 1.807) is 74.4 Å². The van der Waals surface area contributed by atoms with Crippen molar-refractivity contribution >= 4 is 28.7 Å². The van der Waals surface area contributed by atoms with E-state index in [4.69, 9.17) is 10.6 Å². The van der Waals surface area contributed by atoms with Gasteiger partial charge in [-0.05, 0) is 37.6 Å². The lowest BCUT2D eigenvalue weighted by Gasteiger charge is -2.30. The molecule has 37 heavy (non-hydrogen) atoms. The molecule has 0 fully saturated rings. The molecule has 0 aliphatic rings. The van der Waals surface area contributed by atoms with Crippen molar-refractivity contribution in [2.75, 3.05) is 24.4 Å². The predicted octanol–water partition coefficient (Wildman–Crippen LogP) is 3.75. The third-order valence-corrected chi connectivity index (χ3v) is 6.32. The highest BCUT2D eigenvalue weighted by Crippen LogP contribution is 2.38. The van der Waals surface area contributed by atoms with Crippen molar-refractivity contribution in [3.05, 3.63) is 86.7 Å². The average Bonchev–Trinajstić information content (AvgIpc) is 2.89. The number of hydrogen-bond donors (Lipinski definition) is 3. The Kier molecular flexibility index (Phi) is 8.73. The van der Waals surface area contributed by atoms with Crippen LogP contribution < -0.4 is 27.0 Å². The Labute approximate surface area is 216 Å². The van der Waals surface area contributed by atoms with Gasteiger partial charge in [-0.15, -0.1) is 0 Å². The third kappa shape index (κ3) is 5.83. The largest absolute Gasteiger partial charge is 0.505 e. The Balaban J connectivity index is 1.89. The molecule has 0 radical (unpaired) electrons. The van der Waals surface area contributed by atoms with Crippen LogP contribution >= 0.6 is 0 Å². The van der Waals surface area contributed by atoms with Gasteiger partial charge in [0.05, 0.1) is 11.6 Å². The van der Waals surface area contributed by atoms with E-state index in [1.165, 1.54) is 0 Å². The molecule has 3 aromatic carbocycles. The van der Waals surface area contributed by atoms with Crippen molar-refractivity contribution in [1.82, 2.24) is 4.90 Å². The Morgan fingerprint density at radius 1 is 1.11 bits per heavy atom. The SMILES string of the molecule is C=C(c1cccc(N(N)c2c(N[C@H](CCCC)[C@@H](C)OC(=O)c3ccccc3)c(=O)c2=O)c1O)N(C)C. The van der Waals surface area contributed by atoms with E-state index in [2.05, 4.69) is 11.9 Å². The third-order valence-electron chi connectivity index (χ3n) is 6.32. The van der Waals surface area contributed by atoms with E-state index >= 15 is 0 Å². The topological polar surface area (TPSA) is 125 Å². The van der Waals surface area contributed by atoms with Crippen LogP contribution in [0, 0.1) is 0 Å². The summed E-state index contributed by atoms with van der Waals surface area (Å²) in [6.45, 7) is 7.72. The van der Waals surface area contributed by atoms with Gasteiger partial charge < -0.3 is 20.1 Å². The van der Waals surface area contributed by atoms with E-state index < -0.39 is 29.0 Å². The number of aromatic hydroxyl groups is 1. The Morgan fingerprint density at radius 2 is 1.78 bits per heavy atom. The molecular formula is C28H34N4O5. The number of hydrazine groups is 1. The minimum Gasteiger partial charge on any atom is -0.505 e. The van der Waals surface area contributed by atoms with Crippen LogP contribution in [0.1, 0.15) is 49.0 Å². The first-order chi connectivity index (χ1) is 17.6. The molecular weight excluding hydrogens is 472 g/mol. The first-order valence-electron chi connectivity index (χ1n) is 12.2. The van der Waals surface area contributed by atoms with Crippen molar-refractivity contribution in [3.8, 4) is 5.75 Å². The van der Waals surface area contributed by atoms with Gasteiger partial charge in [0.25, 0.3) is 10.9 Å². The average molecular weight is 507 g/mol. The number of nitrogens with zero attached hydrogens (tertiary/aromatic N) is 2. The lowest BCUT2D eigenvalue weighted by atomic mass is 10.0. The summed E-state index contributed by atoms with van der Waals surface area (Å²) in [5.41, 5.74) is -0.00143. The number of nitrogens with one attached hydrogen (secondary N) is 1. The summed E-state index contributed by atoms with van der Waals surface area (Å²) in [5, 5.41) is 15.0. The van der Waals surface area contributed by atoms with E-state index in [1.807, 2.05) is 6.92 Å². The maximum absolute atomic E-state index is 12.6. The smallest absolute Gasteiger partial charge is 0.338 e. The Bertz CT molecular complexity index is 1330. The number of benzene rings is 2. The number of unbranched alkanes of at least 4 members (excludes halogenated alkanes) is 1. The summed E-state index contributed by atoms with van der Waals surface area (Å²) in [7, 11) is 3.57. The quantitative estimate of drug-likeness (QED) is 0.146. The van der Waals surface area contributed by atoms with Crippen LogP contribution in [-0.4, -0.2) is 42.2 Å². The summed E-state index contributed by atoms with van der Waals surface area (Å²) >= 11 is 0. The molecule has 0 aliphatic carbocycles. The highest BCUT2D eigenvalue weighted by atomic mass is 16.5. The zero-order chi connectivity index (χ0) is 27.3. The maximum atomic E-state index is 12.6. The molecule has 0 aliphatic heterocycles. The Hall–Kier alpha value is -4.11. The van der Waals surface area contributed by atoms with Crippen LogP contribution in [0.25, 0.3) is 5.70 Å². The van der Waals surface area contributed by atoms with Crippen LogP contribution in [0.15, 0.2) is 64.7 Å². The molecule has 0 unspecified atom stereocenters. The van der Waals surface area contributed by atoms with E-state index in [-0.39, 0.29) is 22.8 Å². The van der Waals surface area contributed by atoms with Crippen LogP contribution in [0.2, 0.25) is 0 Å². The van der Waals surface area contributed by atoms with Crippen molar-refractivity contribution in [3.63, 3.8) is 0 Å². The van der Waals surface area contributed by atoms with Gasteiger partial charge >= 0.3 is 5.97 Å². The molecule has 3 aromatic rings. The van der Waals surface area contributed by atoms with Crippen molar-refractivity contribution in [1.29, 1.82) is 0 Å². The molecule has 0 heterocycles. The summed E-state index contributed by atoms with van der Waals surface area (Å²) in [5.74, 6) is 5.62. The molecule has 0 amide bonds. The number of carbonyl (C=O) groups excluding carboxylic acids is 1. The van der Waals surface area contributed by atoms with E-state index in [9.17, 15) is 19.5 Å². The number of ether oxygens (including phenoxy) is 1.